The third-order valence-corrected chi connectivity index (χ3v) is 13.2. The molecule has 0 N–H and O–H groups in total. The Morgan fingerprint density at radius 1 is 0.465 bits per heavy atom. The lowest BCUT2D eigenvalue weighted by Gasteiger charge is -2.22. The van der Waals surface area contributed by atoms with Crippen molar-refractivity contribution in [2.45, 2.75) is 13.1 Å². The summed E-state index contributed by atoms with van der Waals surface area (Å²) >= 11 is 0. The van der Waals surface area contributed by atoms with Gasteiger partial charge >= 0.3 is 6.18 Å². The summed E-state index contributed by atoms with van der Waals surface area (Å²) in [6, 6.07) is 59.1. The van der Waals surface area contributed by atoms with Gasteiger partial charge in [0.2, 0.25) is 0 Å². The van der Waals surface area contributed by atoms with Crippen molar-refractivity contribution < 1.29 is 13.2 Å². The number of fused-ring (bicyclic) bond motifs is 6. The minimum absolute atomic E-state index is 0.0305. The molecule has 0 aliphatic heterocycles. The first-order valence-corrected chi connectivity index (χ1v) is 22.3. The fourth-order valence-electron chi connectivity index (χ4n) is 10.2. The van der Waals surface area contributed by atoms with Gasteiger partial charge in [-0.25, -0.2) is 9.69 Å². The Morgan fingerprint density at radius 2 is 1.04 bits per heavy atom. The maximum atomic E-state index is 15.0. The number of alkyl halides is 3. The second kappa shape index (κ2) is 16.9. The van der Waals surface area contributed by atoms with Crippen molar-refractivity contribution in [3.63, 3.8) is 0 Å². The smallest absolute Gasteiger partial charge is 0.310 e. The van der Waals surface area contributed by atoms with E-state index in [4.69, 9.17) is 13.1 Å². The number of nitriles is 3. The molecule has 0 saturated carbocycles. The van der Waals surface area contributed by atoms with Crippen LogP contribution in [0.2, 0.25) is 0 Å². The second-order valence-corrected chi connectivity index (χ2v) is 17.1. The molecule has 0 spiro atoms. The van der Waals surface area contributed by atoms with Gasteiger partial charge < -0.3 is 9.13 Å². The molecule has 2 heterocycles. The molecule has 0 aliphatic rings. The van der Waals surface area contributed by atoms with E-state index >= 15 is 13.2 Å². The van der Waals surface area contributed by atoms with Gasteiger partial charge in [-0.2, -0.15) is 29.0 Å². The normalized spacial score (nSPS) is 11.3. The van der Waals surface area contributed by atoms with Gasteiger partial charge in [0.05, 0.1) is 75.8 Å². The molecule has 11 rings (SSSR count). The first kappa shape index (κ1) is 43.4. The summed E-state index contributed by atoms with van der Waals surface area (Å²) in [6.07, 6.45) is -4.67. The summed E-state index contributed by atoms with van der Waals surface area (Å²) in [5.74, 6) is 0. The summed E-state index contributed by atoms with van der Waals surface area (Å²) < 4.78 is 49.2. The van der Waals surface area contributed by atoms with Crippen molar-refractivity contribution in [3.05, 3.63) is 227 Å². The molecule has 0 atom stereocenters. The summed E-state index contributed by atoms with van der Waals surface area (Å²) in [5, 5.41) is 33.3. The number of nitrogens with zero attached hydrogens (tertiary/aromatic N) is 7. The average Bonchev–Trinajstić information content (AvgIpc) is 3.91. The number of halogens is 3. The van der Waals surface area contributed by atoms with Crippen LogP contribution in [0, 0.1) is 54.1 Å². The van der Waals surface area contributed by atoms with Crippen molar-refractivity contribution in [3.8, 4) is 74.1 Å². The van der Waals surface area contributed by atoms with Crippen LogP contribution in [0.15, 0.2) is 176 Å². The molecule has 0 radical (unpaired) electrons. The van der Waals surface area contributed by atoms with Crippen LogP contribution in [0.5, 0.6) is 0 Å². The standard InChI is InChI=1S/C61H32F3N7/c1-36-10-8-13-51(61(62,63)64)59(36)40-21-27-57(70-53-15-6-4-11-46(53)48-31-39(19-25-55(48)70)45-24-22-43(68-2)29-42(45)35-67)50(32-40)60-52(69-3)14-9-17-58(60)71-54-16-7-5-12-47(54)49-30-38(20-26-56(49)71)44-23-18-37(33-65)28-41(44)34-66/h4-32H,1H3. The Balaban J connectivity index is 1.23. The van der Waals surface area contributed by atoms with Crippen molar-refractivity contribution in [1.29, 1.82) is 15.8 Å². The molecule has 0 fully saturated rings. The largest absolute Gasteiger partial charge is 0.417 e. The summed E-state index contributed by atoms with van der Waals surface area (Å²) in [7, 11) is 0. The SMILES string of the molecule is [C-]#[N+]c1ccc(-c2ccc3c(c2)c2ccccc2n3-c2ccc(-c3c(C)cccc3C(F)(F)F)cc2-c2c([N+]#[C-])cccc2-n2c3ccccc3c3cc(-c4ccc(C#N)cc4C#N)ccc32)c(C#N)c1. The van der Waals surface area contributed by atoms with Crippen molar-refractivity contribution in [2.75, 3.05) is 0 Å². The molecule has 7 nitrogen and oxygen atoms in total. The maximum absolute atomic E-state index is 15.0. The van der Waals surface area contributed by atoms with Gasteiger partial charge in [-0.15, -0.1) is 0 Å². The monoisotopic (exact) mass is 919 g/mol. The molecule has 71 heavy (non-hydrogen) atoms. The van der Waals surface area contributed by atoms with Crippen LogP contribution in [0.1, 0.15) is 27.8 Å². The first-order valence-electron chi connectivity index (χ1n) is 22.3. The fraction of sp³-hybridized carbons (Fsp3) is 0.0328. The zero-order chi connectivity index (χ0) is 49.1. The Hall–Kier alpha value is -10.2. The zero-order valence-corrected chi connectivity index (χ0v) is 37.5. The van der Waals surface area contributed by atoms with E-state index < -0.39 is 11.7 Å². The predicted octanol–water partition coefficient (Wildman–Crippen LogP) is 16.6. The molecule has 2 aromatic heterocycles. The molecule has 10 heteroatoms. The first-order chi connectivity index (χ1) is 34.5. The van der Waals surface area contributed by atoms with E-state index in [9.17, 15) is 15.8 Å². The number of aromatic nitrogens is 2. The van der Waals surface area contributed by atoms with Gasteiger partial charge in [-0.3, -0.25) is 0 Å². The Bertz CT molecular complexity index is 4310. The van der Waals surface area contributed by atoms with E-state index in [1.54, 1.807) is 67.6 Å². The van der Waals surface area contributed by atoms with Gasteiger partial charge in [0.1, 0.15) is 0 Å². The third kappa shape index (κ3) is 7.02. The Kier molecular flexibility index (Phi) is 10.3. The zero-order valence-electron chi connectivity index (χ0n) is 37.5. The highest BCUT2D eigenvalue weighted by Crippen LogP contribution is 2.48. The highest BCUT2D eigenvalue weighted by atomic mass is 19.4. The van der Waals surface area contributed by atoms with Crippen LogP contribution < -0.4 is 0 Å². The Labute approximate surface area is 405 Å². The number of benzene rings is 9. The second-order valence-electron chi connectivity index (χ2n) is 17.1. The lowest BCUT2D eigenvalue weighted by atomic mass is 9.90. The van der Waals surface area contributed by atoms with Crippen LogP contribution >= 0.6 is 0 Å². The molecule has 332 valence electrons. The maximum Gasteiger partial charge on any atom is 0.417 e. The molecular formula is C61H32F3N7. The van der Waals surface area contributed by atoms with E-state index in [-0.39, 0.29) is 11.3 Å². The molecule has 0 amide bonds. The van der Waals surface area contributed by atoms with Crippen LogP contribution in [0.4, 0.5) is 24.5 Å². The van der Waals surface area contributed by atoms with Gasteiger partial charge in [0.25, 0.3) is 0 Å². The molecule has 0 unspecified atom stereocenters. The summed E-state index contributed by atoms with van der Waals surface area (Å²) in [6.45, 7) is 17.9. The average molecular weight is 920 g/mol. The van der Waals surface area contributed by atoms with Gasteiger partial charge in [0, 0.05) is 38.4 Å². The Morgan fingerprint density at radius 3 is 1.65 bits per heavy atom. The molecule has 11 aromatic rings. The van der Waals surface area contributed by atoms with E-state index in [1.807, 2.05) is 103 Å². The van der Waals surface area contributed by atoms with E-state index in [2.05, 4.69) is 37.0 Å². The topological polar surface area (TPSA) is 89.9 Å². The minimum atomic E-state index is -4.67. The van der Waals surface area contributed by atoms with Crippen molar-refractivity contribution in [1.82, 2.24) is 9.13 Å². The number of rotatable bonds is 6. The highest BCUT2D eigenvalue weighted by molar-refractivity contribution is 6.13. The molecule has 0 bridgehead atoms. The minimum Gasteiger partial charge on any atom is -0.310 e. The number of hydrogen-bond acceptors (Lipinski definition) is 3. The van der Waals surface area contributed by atoms with E-state index in [0.717, 1.165) is 60.8 Å². The molecule has 9 aromatic carbocycles. The van der Waals surface area contributed by atoms with Crippen molar-refractivity contribution in [2.24, 2.45) is 0 Å². The van der Waals surface area contributed by atoms with Crippen LogP contribution in [-0.2, 0) is 6.18 Å². The number of hydrogen-bond donors (Lipinski definition) is 0. The predicted molar refractivity (Wildman–Crippen MR) is 273 cm³/mol. The van der Waals surface area contributed by atoms with Crippen LogP contribution in [0.25, 0.3) is 109 Å². The lowest BCUT2D eigenvalue weighted by molar-refractivity contribution is -0.137. The fourth-order valence-corrected chi connectivity index (χ4v) is 10.2. The van der Waals surface area contributed by atoms with Crippen molar-refractivity contribution >= 4 is 55.0 Å². The van der Waals surface area contributed by atoms with Crippen LogP contribution in [0.3, 0.4) is 0 Å². The van der Waals surface area contributed by atoms with Gasteiger partial charge in [-0.05, 0) is 130 Å². The lowest BCUT2D eigenvalue weighted by Crippen LogP contribution is -2.08. The van der Waals surface area contributed by atoms with E-state index in [1.165, 1.54) is 6.07 Å². The third-order valence-electron chi connectivity index (χ3n) is 13.2. The van der Waals surface area contributed by atoms with E-state index in [0.29, 0.717) is 67.1 Å². The van der Waals surface area contributed by atoms with Gasteiger partial charge in [-0.1, -0.05) is 97.1 Å². The van der Waals surface area contributed by atoms with Gasteiger partial charge in [0.15, 0.2) is 11.4 Å². The quantitative estimate of drug-likeness (QED) is 0.156. The molecule has 0 saturated heterocycles. The number of para-hydroxylation sites is 2. The number of aryl methyl sites for hydroxylation is 1. The summed E-state index contributed by atoms with van der Waals surface area (Å²) in [4.78, 5) is 7.63. The molecular weight excluding hydrogens is 888 g/mol. The molecule has 0 aliphatic carbocycles. The highest BCUT2D eigenvalue weighted by Gasteiger charge is 2.35. The summed E-state index contributed by atoms with van der Waals surface area (Å²) in [5.41, 5.74) is 9.99. The van der Waals surface area contributed by atoms with Crippen LogP contribution in [-0.4, -0.2) is 9.13 Å².